The molecular weight excluding hydrogens is 346 g/mol. The Labute approximate surface area is 136 Å². The Morgan fingerprint density at radius 1 is 1.23 bits per heavy atom. The highest BCUT2D eigenvalue weighted by Gasteiger charge is 2.13. The Kier molecular flexibility index (Phi) is 4.15. The van der Waals surface area contributed by atoms with E-state index in [-0.39, 0.29) is 5.91 Å². The summed E-state index contributed by atoms with van der Waals surface area (Å²) in [5.41, 5.74) is 1.67. The van der Waals surface area contributed by atoms with Crippen molar-refractivity contribution in [2.45, 2.75) is 6.54 Å². The van der Waals surface area contributed by atoms with Crippen LogP contribution in [0.2, 0.25) is 0 Å². The number of fused-ring (bicyclic) bond motifs is 1. The number of carbonyl (C=O) groups is 1. The number of nitrogens with one attached hydrogen (secondary N) is 1. The van der Waals surface area contributed by atoms with Gasteiger partial charge in [0.1, 0.15) is 11.3 Å². The first-order chi connectivity index (χ1) is 10.7. The van der Waals surface area contributed by atoms with Gasteiger partial charge in [-0.3, -0.25) is 4.79 Å². The maximum Gasteiger partial charge on any atom is 0.287 e. The molecule has 3 aromatic rings. The molecule has 0 atom stereocenters. The third-order valence-corrected chi connectivity index (χ3v) is 3.96. The number of para-hydroxylation sites is 1. The van der Waals surface area contributed by atoms with E-state index in [0.717, 1.165) is 21.2 Å². The van der Waals surface area contributed by atoms with Gasteiger partial charge >= 0.3 is 0 Å². The fraction of sp³-hybridized carbons (Fsp3) is 0.118. The van der Waals surface area contributed by atoms with Crippen molar-refractivity contribution in [1.29, 1.82) is 0 Å². The molecule has 0 saturated heterocycles. The second-order valence-corrected chi connectivity index (χ2v) is 5.65. The minimum atomic E-state index is -0.237. The lowest BCUT2D eigenvalue weighted by molar-refractivity contribution is 0.0925. The molecule has 1 N–H and O–H groups in total. The van der Waals surface area contributed by atoms with Crippen LogP contribution in [-0.4, -0.2) is 13.0 Å². The van der Waals surface area contributed by atoms with Crippen molar-refractivity contribution in [3.05, 3.63) is 64.3 Å². The number of hydrogen-bond acceptors (Lipinski definition) is 3. The van der Waals surface area contributed by atoms with Gasteiger partial charge in [0.05, 0.1) is 11.6 Å². The molecule has 0 aliphatic carbocycles. The van der Waals surface area contributed by atoms with Gasteiger partial charge in [0.25, 0.3) is 5.91 Å². The topological polar surface area (TPSA) is 51.5 Å². The van der Waals surface area contributed by atoms with E-state index in [2.05, 4.69) is 21.2 Å². The molecule has 4 nitrogen and oxygen atoms in total. The summed E-state index contributed by atoms with van der Waals surface area (Å²) >= 11 is 3.41. The molecule has 0 aliphatic rings. The van der Waals surface area contributed by atoms with Crippen molar-refractivity contribution in [1.82, 2.24) is 5.32 Å². The molecule has 2 aromatic carbocycles. The summed E-state index contributed by atoms with van der Waals surface area (Å²) in [6.07, 6.45) is 0. The normalized spacial score (nSPS) is 10.6. The molecule has 0 spiro atoms. The predicted octanol–water partition coefficient (Wildman–Crippen LogP) is 4.13. The van der Waals surface area contributed by atoms with Crippen molar-refractivity contribution in [3.63, 3.8) is 0 Å². The summed E-state index contributed by atoms with van der Waals surface area (Å²) in [6, 6.07) is 15.0. The van der Waals surface area contributed by atoms with Gasteiger partial charge in [-0.1, -0.05) is 24.3 Å². The molecule has 1 amide bonds. The second kappa shape index (κ2) is 6.23. The average molecular weight is 360 g/mol. The number of benzene rings is 2. The van der Waals surface area contributed by atoms with E-state index in [1.54, 1.807) is 13.2 Å². The zero-order chi connectivity index (χ0) is 15.5. The lowest BCUT2D eigenvalue weighted by Crippen LogP contribution is -2.22. The standard InChI is InChI=1S/C17H14BrNO3/c1-21-13-7-5-11(6-8-13)10-19-17(20)15-9-12-3-2-4-14(18)16(12)22-15/h2-9H,10H2,1H3,(H,19,20). The number of carbonyl (C=O) groups excluding carboxylic acids is 1. The van der Waals surface area contributed by atoms with Crippen LogP contribution in [0.4, 0.5) is 0 Å². The van der Waals surface area contributed by atoms with E-state index in [1.165, 1.54) is 0 Å². The highest BCUT2D eigenvalue weighted by molar-refractivity contribution is 9.10. The fourth-order valence-electron chi connectivity index (χ4n) is 2.15. The third kappa shape index (κ3) is 2.99. The third-order valence-electron chi connectivity index (χ3n) is 3.33. The van der Waals surface area contributed by atoms with Crippen LogP contribution in [0.15, 0.2) is 57.4 Å². The Balaban J connectivity index is 1.71. The molecule has 0 aliphatic heterocycles. The maximum absolute atomic E-state index is 12.2. The second-order valence-electron chi connectivity index (χ2n) is 4.80. The molecule has 112 valence electrons. The Morgan fingerprint density at radius 2 is 2.00 bits per heavy atom. The quantitative estimate of drug-likeness (QED) is 0.761. The molecule has 0 bridgehead atoms. The SMILES string of the molecule is COc1ccc(CNC(=O)c2cc3cccc(Br)c3o2)cc1. The molecule has 0 unspecified atom stereocenters. The van der Waals surface area contributed by atoms with Gasteiger partial charge in [0.15, 0.2) is 5.76 Å². The Morgan fingerprint density at radius 3 is 2.68 bits per heavy atom. The van der Waals surface area contributed by atoms with Crippen molar-refractivity contribution in [2.75, 3.05) is 7.11 Å². The molecule has 0 fully saturated rings. The van der Waals surface area contributed by atoms with Gasteiger partial charge in [-0.05, 0) is 45.8 Å². The Bertz CT molecular complexity index is 808. The fourth-order valence-corrected chi connectivity index (χ4v) is 2.61. The monoisotopic (exact) mass is 359 g/mol. The summed E-state index contributed by atoms with van der Waals surface area (Å²) in [5, 5.41) is 3.74. The van der Waals surface area contributed by atoms with Crippen LogP contribution in [0.3, 0.4) is 0 Å². The average Bonchev–Trinajstić information content (AvgIpc) is 2.99. The van der Waals surface area contributed by atoms with Gasteiger partial charge < -0.3 is 14.5 Å². The van der Waals surface area contributed by atoms with Crippen molar-refractivity contribution in [2.24, 2.45) is 0 Å². The molecule has 22 heavy (non-hydrogen) atoms. The smallest absolute Gasteiger partial charge is 0.287 e. The number of hydrogen-bond donors (Lipinski definition) is 1. The van der Waals surface area contributed by atoms with Gasteiger partial charge in [-0.2, -0.15) is 0 Å². The van der Waals surface area contributed by atoms with E-state index in [1.807, 2.05) is 42.5 Å². The first kappa shape index (κ1) is 14.7. The summed E-state index contributed by atoms with van der Waals surface area (Å²) in [4.78, 5) is 12.2. The number of halogens is 1. The van der Waals surface area contributed by atoms with Crippen LogP contribution in [0.25, 0.3) is 11.0 Å². The molecule has 3 rings (SSSR count). The maximum atomic E-state index is 12.2. The van der Waals surface area contributed by atoms with E-state index in [0.29, 0.717) is 17.9 Å². The number of ether oxygens (including phenoxy) is 1. The first-order valence-corrected chi connectivity index (χ1v) is 7.56. The van der Waals surface area contributed by atoms with E-state index in [9.17, 15) is 4.79 Å². The highest BCUT2D eigenvalue weighted by Crippen LogP contribution is 2.26. The van der Waals surface area contributed by atoms with E-state index in [4.69, 9.17) is 9.15 Å². The van der Waals surface area contributed by atoms with Gasteiger partial charge in [-0.25, -0.2) is 0 Å². The molecule has 5 heteroatoms. The molecular formula is C17H14BrNO3. The number of amides is 1. The van der Waals surface area contributed by atoms with Crippen LogP contribution in [-0.2, 0) is 6.54 Å². The number of rotatable bonds is 4. The molecule has 1 heterocycles. The number of methoxy groups -OCH3 is 1. The summed E-state index contributed by atoms with van der Waals surface area (Å²) in [7, 11) is 1.62. The van der Waals surface area contributed by atoms with Crippen LogP contribution in [0, 0.1) is 0 Å². The van der Waals surface area contributed by atoms with Crippen LogP contribution in [0.1, 0.15) is 16.1 Å². The summed E-state index contributed by atoms with van der Waals surface area (Å²) in [6.45, 7) is 0.432. The predicted molar refractivity (Wildman–Crippen MR) is 88.1 cm³/mol. The van der Waals surface area contributed by atoms with Crippen molar-refractivity contribution >= 4 is 32.8 Å². The van der Waals surface area contributed by atoms with Gasteiger partial charge in [-0.15, -0.1) is 0 Å². The number of furan rings is 1. The lowest BCUT2D eigenvalue weighted by Gasteiger charge is -2.04. The molecule has 1 aromatic heterocycles. The van der Waals surface area contributed by atoms with Gasteiger partial charge in [0, 0.05) is 11.9 Å². The van der Waals surface area contributed by atoms with E-state index < -0.39 is 0 Å². The van der Waals surface area contributed by atoms with Crippen molar-refractivity contribution < 1.29 is 13.9 Å². The van der Waals surface area contributed by atoms with Gasteiger partial charge in [0.2, 0.25) is 0 Å². The zero-order valence-electron chi connectivity index (χ0n) is 11.9. The Hall–Kier alpha value is -2.27. The first-order valence-electron chi connectivity index (χ1n) is 6.76. The minimum Gasteiger partial charge on any atom is -0.497 e. The zero-order valence-corrected chi connectivity index (χ0v) is 13.5. The van der Waals surface area contributed by atoms with Crippen molar-refractivity contribution in [3.8, 4) is 5.75 Å². The largest absolute Gasteiger partial charge is 0.497 e. The summed E-state index contributed by atoms with van der Waals surface area (Å²) in [5.74, 6) is 0.853. The van der Waals surface area contributed by atoms with Crippen LogP contribution in [0.5, 0.6) is 5.75 Å². The van der Waals surface area contributed by atoms with E-state index >= 15 is 0 Å². The molecule has 0 saturated carbocycles. The molecule has 0 radical (unpaired) electrons. The van der Waals surface area contributed by atoms with Crippen LogP contribution >= 0.6 is 15.9 Å². The summed E-state index contributed by atoms with van der Waals surface area (Å²) < 4.78 is 11.5. The minimum absolute atomic E-state index is 0.237. The van der Waals surface area contributed by atoms with Crippen LogP contribution < -0.4 is 10.1 Å². The highest BCUT2D eigenvalue weighted by atomic mass is 79.9. The lowest BCUT2D eigenvalue weighted by atomic mass is 10.2.